The van der Waals surface area contributed by atoms with E-state index in [1.807, 2.05) is 42.5 Å². The van der Waals surface area contributed by atoms with Crippen LogP contribution in [-0.4, -0.2) is 0 Å². The van der Waals surface area contributed by atoms with Crippen molar-refractivity contribution in [2.24, 2.45) is 0 Å². The molecule has 1 heteroatoms. The molecule has 11 rings (SSSR count). The van der Waals surface area contributed by atoms with E-state index < -0.39 is 84.3 Å². The molecule has 0 fully saturated rings. The number of para-hydroxylation sites is 1. The molecule has 256 valence electrons. The summed E-state index contributed by atoms with van der Waals surface area (Å²) in [4.78, 5) is 0. The lowest BCUT2D eigenvalue weighted by molar-refractivity contribution is 0.633. The fourth-order valence-electron chi connectivity index (χ4n) is 7.81. The van der Waals surface area contributed by atoms with Crippen molar-refractivity contribution in [3.05, 3.63) is 206 Å². The molecule has 55 heavy (non-hydrogen) atoms. The zero-order valence-corrected chi connectivity index (χ0v) is 29.0. The second kappa shape index (κ2) is 12.7. The van der Waals surface area contributed by atoms with E-state index in [1.54, 1.807) is 12.1 Å². The third-order valence-corrected chi connectivity index (χ3v) is 10.4. The minimum Gasteiger partial charge on any atom is -0.456 e. The van der Waals surface area contributed by atoms with Crippen LogP contribution in [0.1, 0.15) is 17.8 Å². The highest BCUT2D eigenvalue weighted by molar-refractivity contribution is 6.21. The van der Waals surface area contributed by atoms with E-state index in [0.717, 1.165) is 54.9 Å². The highest BCUT2D eigenvalue weighted by Crippen LogP contribution is 2.45. The van der Waals surface area contributed by atoms with E-state index >= 15 is 0 Å². The Bertz CT molecular complexity index is 3910. The molecular weight excluding hydrogens is 665 g/mol. The first-order valence-corrected chi connectivity index (χ1v) is 17.9. The van der Waals surface area contributed by atoms with Crippen LogP contribution in [0.4, 0.5) is 0 Å². The van der Waals surface area contributed by atoms with Gasteiger partial charge in [0.2, 0.25) is 0 Å². The molecule has 10 aromatic carbocycles. The van der Waals surface area contributed by atoms with E-state index in [-0.39, 0.29) is 43.6 Å². The second-order valence-corrected chi connectivity index (χ2v) is 13.4. The molecule has 0 saturated heterocycles. The van der Waals surface area contributed by atoms with Crippen molar-refractivity contribution in [3.63, 3.8) is 0 Å². The fraction of sp³-hybridized carbons (Fsp3) is 0. The standard InChI is InChI=1S/C54H34O/c1-2-12-35(13-3-1)40-29-26-37-30-31-45-43(21-11-22-44(45)50(37)33-40)41-16-10-15-39(32-41)36-24-27-38(28-25-36)53-46-17-5-7-19-48(46)54(49-20-8-6-18-47(49)53)52-34-42-14-4-9-23-51(42)55-52/h1-34H/i4D,5D,6D,7D,8D,9D,14D,17D,18D,19D,20D,23D,34D. The highest BCUT2D eigenvalue weighted by Gasteiger charge is 2.19. The van der Waals surface area contributed by atoms with Gasteiger partial charge in [-0.05, 0) is 112 Å². The molecule has 11 aromatic rings. The van der Waals surface area contributed by atoms with E-state index in [9.17, 15) is 6.85 Å². The Morgan fingerprint density at radius 3 is 1.71 bits per heavy atom. The van der Waals surface area contributed by atoms with Crippen molar-refractivity contribution in [2.75, 3.05) is 0 Å². The van der Waals surface area contributed by atoms with Gasteiger partial charge in [-0.25, -0.2) is 0 Å². The molecule has 0 aliphatic rings. The molecule has 1 nitrogen and oxygen atoms in total. The lowest BCUT2D eigenvalue weighted by atomic mass is 9.87. The van der Waals surface area contributed by atoms with Crippen LogP contribution in [0.2, 0.25) is 0 Å². The zero-order chi connectivity index (χ0) is 47.6. The van der Waals surface area contributed by atoms with Crippen LogP contribution in [0.25, 0.3) is 110 Å². The zero-order valence-electron chi connectivity index (χ0n) is 42.0. The maximum Gasteiger partial charge on any atom is 0.136 e. The Morgan fingerprint density at radius 2 is 0.927 bits per heavy atom. The number of benzene rings is 10. The third-order valence-electron chi connectivity index (χ3n) is 10.4. The molecule has 1 aromatic heterocycles. The highest BCUT2D eigenvalue weighted by atomic mass is 16.3. The second-order valence-electron chi connectivity index (χ2n) is 13.4. The number of fused-ring (bicyclic) bond motifs is 6. The molecule has 0 N–H and O–H groups in total. The molecule has 0 bridgehead atoms. The molecule has 0 saturated carbocycles. The van der Waals surface area contributed by atoms with Crippen LogP contribution in [-0.2, 0) is 0 Å². The molecule has 0 aliphatic carbocycles. The molecular formula is C54H34O. The number of hydrogen-bond donors (Lipinski definition) is 0. The van der Waals surface area contributed by atoms with Crippen LogP contribution in [0.5, 0.6) is 0 Å². The number of hydrogen-bond acceptors (Lipinski definition) is 1. The average molecular weight is 712 g/mol. The molecule has 1 heterocycles. The molecule has 0 aliphatic heterocycles. The fourth-order valence-corrected chi connectivity index (χ4v) is 7.81. The first-order chi connectivity index (χ1) is 32.7. The van der Waals surface area contributed by atoms with Crippen LogP contribution in [0, 0.1) is 0 Å². The Hall–Kier alpha value is -7.22. The Kier molecular flexibility index (Phi) is 4.83. The van der Waals surface area contributed by atoms with Crippen LogP contribution >= 0.6 is 0 Å². The summed E-state index contributed by atoms with van der Waals surface area (Å²) in [5.74, 6) is -0.435. The van der Waals surface area contributed by atoms with Gasteiger partial charge in [0.1, 0.15) is 11.3 Å². The van der Waals surface area contributed by atoms with Crippen molar-refractivity contribution in [1.82, 2.24) is 0 Å². The molecule has 0 atom stereocenters. The summed E-state index contributed by atoms with van der Waals surface area (Å²) >= 11 is 0. The smallest absolute Gasteiger partial charge is 0.136 e. The van der Waals surface area contributed by atoms with Gasteiger partial charge in [0.25, 0.3) is 0 Å². The molecule has 0 radical (unpaired) electrons. The van der Waals surface area contributed by atoms with Crippen LogP contribution in [0.3, 0.4) is 0 Å². The predicted molar refractivity (Wildman–Crippen MR) is 233 cm³/mol. The SMILES string of the molecule is [2H]c1c([2H])c([2H])c2c([2H])c(-c3c4c([2H])c([2H])c([2H])c([2H])c4c(-c4ccc(-c5cccc(-c6cccc7c6ccc6ccc(-c8ccccc8)cc67)c5)cc4)c4c([2H])c([2H])c([2H])c([2H])c34)oc2c1[2H]. The quantitative estimate of drug-likeness (QED) is 0.128. The van der Waals surface area contributed by atoms with Crippen molar-refractivity contribution in [1.29, 1.82) is 0 Å². The van der Waals surface area contributed by atoms with Crippen molar-refractivity contribution >= 4 is 54.1 Å². The first kappa shape index (κ1) is 20.9. The summed E-state index contributed by atoms with van der Waals surface area (Å²) in [6.07, 6.45) is 0. The van der Waals surface area contributed by atoms with Crippen molar-refractivity contribution in [3.8, 4) is 55.8 Å². The van der Waals surface area contributed by atoms with Gasteiger partial charge in [0.15, 0.2) is 0 Å². The minimum absolute atomic E-state index is 0.0999. The van der Waals surface area contributed by atoms with E-state index in [4.69, 9.17) is 15.4 Å². The van der Waals surface area contributed by atoms with Gasteiger partial charge in [-0.2, -0.15) is 0 Å². The summed E-state index contributed by atoms with van der Waals surface area (Å²) in [6, 6.07) is 35.2. The Balaban J connectivity index is 1.11. The normalized spacial score (nSPS) is 14.9. The lowest BCUT2D eigenvalue weighted by Gasteiger charge is -2.16. The summed E-state index contributed by atoms with van der Waals surface area (Å²) in [5, 5.41) is 3.60. The maximum atomic E-state index is 9.32. The summed E-state index contributed by atoms with van der Waals surface area (Å²) < 4.78 is 121. The average Bonchev–Trinajstić information content (AvgIpc) is 3.72. The topological polar surface area (TPSA) is 13.1 Å². The summed E-state index contributed by atoms with van der Waals surface area (Å²) in [7, 11) is 0. The summed E-state index contributed by atoms with van der Waals surface area (Å²) in [5.41, 5.74) is 5.84. The molecule has 0 spiro atoms. The molecule has 0 amide bonds. The van der Waals surface area contributed by atoms with Gasteiger partial charge >= 0.3 is 0 Å². The largest absolute Gasteiger partial charge is 0.456 e. The van der Waals surface area contributed by atoms with E-state index in [0.29, 0.717) is 5.56 Å². The van der Waals surface area contributed by atoms with Gasteiger partial charge in [-0.15, -0.1) is 0 Å². The van der Waals surface area contributed by atoms with E-state index in [2.05, 4.69) is 72.8 Å². The predicted octanol–water partition coefficient (Wildman–Crippen LogP) is 15.4. The Morgan fingerprint density at radius 1 is 0.345 bits per heavy atom. The summed E-state index contributed by atoms with van der Waals surface area (Å²) in [6.45, 7) is 0. The van der Waals surface area contributed by atoms with Crippen molar-refractivity contribution < 1.29 is 22.2 Å². The van der Waals surface area contributed by atoms with Crippen LogP contribution < -0.4 is 0 Å². The van der Waals surface area contributed by atoms with Gasteiger partial charge in [-0.3, -0.25) is 0 Å². The first-order valence-electron chi connectivity index (χ1n) is 24.4. The minimum atomic E-state index is -0.645. The Labute approximate surface area is 337 Å². The maximum absolute atomic E-state index is 9.32. The number of furan rings is 1. The van der Waals surface area contributed by atoms with Gasteiger partial charge in [-0.1, -0.05) is 182 Å². The lowest BCUT2D eigenvalue weighted by Crippen LogP contribution is -1.90. The van der Waals surface area contributed by atoms with E-state index in [1.165, 1.54) is 0 Å². The van der Waals surface area contributed by atoms with Gasteiger partial charge in [0, 0.05) is 10.9 Å². The monoisotopic (exact) mass is 711 g/mol. The van der Waals surface area contributed by atoms with Crippen LogP contribution in [0.15, 0.2) is 210 Å². The molecule has 0 unspecified atom stereocenters. The van der Waals surface area contributed by atoms with Gasteiger partial charge in [0.05, 0.1) is 17.8 Å². The van der Waals surface area contributed by atoms with Crippen molar-refractivity contribution in [2.45, 2.75) is 0 Å². The van der Waals surface area contributed by atoms with Gasteiger partial charge < -0.3 is 4.42 Å². The third kappa shape index (κ3) is 5.24. The number of rotatable bonds is 5.